The minimum atomic E-state index is -0.475. The average molecular weight is 369 g/mol. The van der Waals surface area contributed by atoms with E-state index in [4.69, 9.17) is 4.74 Å². The Labute approximate surface area is 158 Å². The van der Waals surface area contributed by atoms with Crippen LogP contribution in [-0.2, 0) is 10.2 Å². The van der Waals surface area contributed by atoms with Gasteiger partial charge in [-0.2, -0.15) is 5.10 Å². The maximum absolute atomic E-state index is 12.0. The number of hydrazone groups is 1. The van der Waals surface area contributed by atoms with Gasteiger partial charge in [-0.05, 0) is 47.2 Å². The minimum absolute atomic E-state index is 0.00241. The summed E-state index contributed by atoms with van der Waals surface area (Å²) in [4.78, 5) is 22.1. The maximum Gasteiger partial charge on any atom is 0.277 e. The molecule has 142 valence electrons. The van der Waals surface area contributed by atoms with Crippen molar-refractivity contribution in [1.82, 2.24) is 5.43 Å². The Morgan fingerprint density at radius 3 is 2.48 bits per heavy atom. The van der Waals surface area contributed by atoms with Crippen LogP contribution < -0.4 is 10.2 Å². The summed E-state index contributed by atoms with van der Waals surface area (Å²) in [5.41, 5.74) is 4.99. The molecule has 0 fully saturated rings. The van der Waals surface area contributed by atoms with Crippen LogP contribution in [0.15, 0.2) is 47.6 Å². The van der Waals surface area contributed by atoms with E-state index in [1.54, 1.807) is 12.1 Å². The number of carbonyl (C=O) groups is 1. The molecule has 7 nitrogen and oxygen atoms in total. The van der Waals surface area contributed by atoms with E-state index in [1.165, 1.54) is 18.3 Å². The first-order valence-electron chi connectivity index (χ1n) is 8.47. The molecule has 0 aromatic heterocycles. The summed E-state index contributed by atoms with van der Waals surface area (Å²) in [6.07, 6.45) is 1.41. The summed E-state index contributed by atoms with van der Waals surface area (Å²) < 4.78 is 5.69. The highest BCUT2D eigenvalue weighted by molar-refractivity contribution is 5.83. The number of benzene rings is 2. The lowest BCUT2D eigenvalue weighted by Crippen LogP contribution is -2.25. The molecule has 7 heteroatoms. The fourth-order valence-corrected chi connectivity index (χ4v) is 2.41. The smallest absolute Gasteiger partial charge is 0.277 e. The van der Waals surface area contributed by atoms with E-state index in [0.717, 1.165) is 11.1 Å². The Morgan fingerprint density at radius 1 is 1.22 bits per heavy atom. The second-order valence-electron chi connectivity index (χ2n) is 7.18. The van der Waals surface area contributed by atoms with Gasteiger partial charge in [0.15, 0.2) is 6.61 Å². The van der Waals surface area contributed by atoms with Crippen LogP contribution in [0, 0.1) is 17.0 Å². The predicted molar refractivity (Wildman–Crippen MR) is 104 cm³/mol. The summed E-state index contributed by atoms with van der Waals surface area (Å²) in [6.45, 7) is 8.05. The molecule has 0 bridgehead atoms. The van der Waals surface area contributed by atoms with Crippen molar-refractivity contribution in [3.8, 4) is 5.75 Å². The second-order valence-corrected chi connectivity index (χ2v) is 7.18. The van der Waals surface area contributed by atoms with Gasteiger partial charge in [-0.3, -0.25) is 14.9 Å². The number of carbonyl (C=O) groups excluding carboxylic acids is 1. The van der Waals surface area contributed by atoms with Gasteiger partial charge in [0.25, 0.3) is 11.6 Å². The van der Waals surface area contributed by atoms with E-state index in [0.29, 0.717) is 11.3 Å². The molecule has 0 atom stereocenters. The number of rotatable bonds is 6. The zero-order chi connectivity index (χ0) is 20.0. The lowest BCUT2D eigenvalue weighted by molar-refractivity contribution is -0.384. The standard InChI is InChI=1S/C20H23N3O4/c1-14-5-10-17(20(2,3)4)18(11-14)27-13-19(24)22-21-12-15-6-8-16(9-7-15)23(25)26/h5-12H,13H2,1-4H3,(H,22,24). The largest absolute Gasteiger partial charge is 0.483 e. The number of nitro groups is 1. The Hall–Kier alpha value is -3.22. The monoisotopic (exact) mass is 369 g/mol. The summed E-state index contributed by atoms with van der Waals surface area (Å²) in [5, 5.41) is 14.5. The molecule has 1 amide bonds. The first kappa shape index (κ1) is 20.1. The Bertz CT molecular complexity index is 853. The highest BCUT2D eigenvalue weighted by Crippen LogP contribution is 2.32. The van der Waals surface area contributed by atoms with Crippen molar-refractivity contribution < 1.29 is 14.5 Å². The molecule has 2 aromatic carbocycles. The van der Waals surface area contributed by atoms with Gasteiger partial charge < -0.3 is 4.74 Å². The molecule has 0 aliphatic rings. The van der Waals surface area contributed by atoms with Gasteiger partial charge in [-0.25, -0.2) is 5.43 Å². The van der Waals surface area contributed by atoms with Crippen molar-refractivity contribution >= 4 is 17.8 Å². The SMILES string of the molecule is Cc1ccc(C(C)(C)C)c(OCC(=O)NN=Cc2ccc([N+](=O)[O-])cc2)c1. The predicted octanol–water partition coefficient (Wildman–Crippen LogP) is 3.73. The van der Waals surface area contributed by atoms with Crippen LogP contribution in [0.25, 0.3) is 0 Å². The highest BCUT2D eigenvalue weighted by Gasteiger charge is 2.19. The molecule has 2 rings (SSSR count). The normalized spacial score (nSPS) is 11.4. The van der Waals surface area contributed by atoms with E-state index in [9.17, 15) is 14.9 Å². The van der Waals surface area contributed by atoms with Gasteiger partial charge in [-0.15, -0.1) is 0 Å². The van der Waals surface area contributed by atoms with Crippen molar-refractivity contribution in [1.29, 1.82) is 0 Å². The first-order valence-corrected chi connectivity index (χ1v) is 8.47. The van der Waals surface area contributed by atoms with Crippen LogP contribution >= 0.6 is 0 Å². The zero-order valence-electron chi connectivity index (χ0n) is 15.9. The molecule has 0 saturated carbocycles. The van der Waals surface area contributed by atoms with Crippen LogP contribution in [-0.4, -0.2) is 23.7 Å². The minimum Gasteiger partial charge on any atom is -0.483 e. The summed E-state index contributed by atoms with van der Waals surface area (Å²) in [6, 6.07) is 11.8. The number of nitro benzene ring substituents is 1. The number of nitrogens with one attached hydrogen (secondary N) is 1. The van der Waals surface area contributed by atoms with Crippen molar-refractivity contribution in [2.75, 3.05) is 6.61 Å². The molecule has 0 spiro atoms. The van der Waals surface area contributed by atoms with Crippen molar-refractivity contribution in [3.63, 3.8) is 0 Å². The van der Waals surface area contributed by atoms with E-state index >= 15 is 0 Å². The maximum atomic E-state index is 12.0. The van der Waals surface area contributed by atoms with Crippen LogP contribution in [0.4, 0.5) is 5.69 Å². The molecular formula is C20H23N3O4. The van der Waals surface area contributed by atoms with Crippen LogP contribution in [0.2, 0.25) is 0 Å². The van der Waals surface area contributed by atoms with Gasteiger partial charge in [0.2, 0.25) is 0 Å². The Morgan fingerprint density at radius 2 is 1.89 bits per heavy atom. The zero-order valence-corrected chi connectivity index (χ0v) is 15.9. The molecule has 0 heterocycles. The number of ether oxygens (including phenoxy) is 1. The molecule has 2 aromatic rings. The van der Waals surface area contributed by atoms with E-state index in [2.05, 4.69) is 31.3 Å². The number of nitrogens with zero attached hydrogens (tertiary/aromatic N) is 2. The lowest BCUT2D eigenvalue weighted by Gasteiger charge is -2.23. The van der Waals surface area contributed by atoms with Gasteiger partial charge in [0, 0.05) is 12.1 Å². The quantitative estimate of drug-likeness (QED) is 0.477. The fourth-order valence-electron chi connectivity index (χ4n) is 2.41. The number of amides is 1. The highest BCUT2D eigenvalue weighted by atomic mass is 16.6. The van der Waals surface area contributed by atoms with Gasteiger partial charge in [-0.1, -0.05) is 32.9 Å². The average Bonchev–Trinajstić information content (AvgIpc) is 2.59. The molecule has 0 radical (unpaired) electrons. The summed E-state index contributed by atoms with van der Waals surface area (Å²) >= 11 is 0. The molecule has 27 heavy (non-hydrogen) atoms. The summed E-state index contributed by atoms with van der Waals surface area (Å²) in [7, 11) is 0. The Balaban J connectivity index is 1.93. The first-order chi connectivity index (χ1) is 12.7. The van der Waals surface area contributed by atoms with E-state index in [-0.39, 0.29) is 17.7 Å². The number of non-ortho nitro benzene ring substituents is 1. The van der Waals surface area contributed by atoms with Crippen molar-refractivity contribution in [2.24, 2.45) is 5.10 Å². The number of hydrogen-bond acceptors (Lipinski definition) is 5. The third-order valence-corrected chi connectivity index (χ3v) is 3.81. The summed E-state index contributed by atoms with van der Waals surface area (Å²) in [5.74, 6) is 0.284. The fraction of sp³-hybridized carbons (Fsp3) is 0.300. The van der Waals surface area contributed by atoms with Gasteiger partial charge >= 0.3 is 0 Å². The number of hydrogen-bond donors (Lipinski definition) is 1. The lowest BCUT2D eigenvalue weighted by atomic mass is 9.86. The molecule has 0 aliphatic carbocycles. The van der Waals surface area contributed by atoms with Crippen molar-refractivity contribution in [2.45, 2.75) is 33.1 Å². The second kappa shape index (κ2) is 8.44. The molecular weight excluding hydrogens is 346 g/mol. The topological polar surface area (TPSA) is 93.8 Å². The van der Waals surface area contributed by atoms with E-state index in [1.807, 2.05) is 25.1 Å². The van der Waals surface area contributed by atoms with Crippen molar-refractivity contribution in [3.05, 3.63) is 69.3 Å². The Kier molecular flexibility index (Phi) is 6.28. The van der Waals surface area contributed by atoms with Gasteiger partial charge in [0.1, 0.15) is 5.75 Å². The van der Waals surface area contributed by atoms with Crippen LogP contribution in [0.3, 0.4) is 0 Å². The van der Waals surface area contributed by atoms with Crippen LogP contribution in [0.1, 0.15) is 37.5 Å². The molecule has 1 N–H and O–H groups in total. The van der Waals surface area contributed by atoms with E-state index < -0.39 is 10.8 Å². The molecule has 0 unspecified atom stereocenters. The number of aryl methyl sites for hydroxylation is 1. The van der Waals surface area contributed by atoms with Crippen LogP contribution in [0.5, 0.6) is 5.75 Å². The third-order valence-electron chi connectivity index (χ3n) is 3.81. The molecule has 0 saturated heterocycles. The third kappa shape index (κ3) is 5.91. The molecule has 0 aliphatic heterocycles. The van der Waals surface area contributed by atoms with Gasteiger partial charge in [0.05, 0.1) is 11.1 Å².